The molecule has 0 aliphatic rings. The van der Waals surface area contributed by atoms with Gasteiger partial charge in [0.2, 0.25) is 0 Å². The van der Waals surface area contributed by atoms with E-state index in [-0.39, 0.29) is 0 Å². The molecule has 3 nitrogen and oxygen atoms in total. The third-order valence-electron chi connectivity index (χ3n) is 3.19. The lowest BCUT2D eigenvalue weighted by Crippen LogP contribution is -2.02. The number of halogens is 1. The highest BCUT2D eigenvalue weighted by atomic mass is 127. The molecule has 0 aliphatic heterocycles. The van der Waals surface area contributed by atoms with Crippen molar-refractivity contribution < 1.29 is 0 Å². The molecule has 0 N–H and O–H groups in total. The van der Waals surface area contributed by atoms with Crippen LogP contribution in [0.15, 0.2) is 16.8 Å². The summed E-state index contributed by atoms with van der Waals surface area (Å²) in [7, 11) is 0. The van der Waals surface area contributed by atoms with Crippen LogP contribution in [0.4, 0.5) is 0 Å². The zero-order chi connectivity index (χ0) is 13.5. The second-order valence-electron chi connectivity index (χ2n) is 4.73. The van der Waals surface area contributed by atoms with Gasteiger partial charge in [-0.1, -0.05) is 44.2 Å². The molecule has 0 aromatic carbocycles. The average Bonchev–Trinajstić information content (AvgIpc) is 3.04. The van der Waals surface area contributed by atoms with Crippen molar-refractivity contribution >= 4 is 33.9 Å². The Morgan fingerprint density at radius 1 is 1.21 bits per heavy atom. The third-order valence-corrected chi connectivity index (χ3v) is 4.94. The molecule has 2 aromatic rings. The molecule has 0 atom stereocenters. The molecule has 0 fully saturated rings. The number of rotatable bonds is 8. The molecule has 2 rings (SSSR count). The molecule has 19 heavy (non-hydrogen) atoms. The van der Waals surface area contributed by atoms with E-state index >= 15 is 0 Å². The zero-order valence-corrected chi connectivity index (χ0v) is 14.3. The van der Waals surface area contributed by atoms with Crippen LogP contribution in [0.3, 0.4) is 0 Å². The first-order chi connectivity index (χ1) is 9.33. The summed E-state index contributed by atoms with van der Waals surface area (Å²) < 4.78 is 3.19. The molecule has 104 valence electrons. The quantitative estimate of drug-likeness (QED) is 0.471. The van der Waals surface area contributed by atoms with Crippen molar-refractivity contribution in [1.82, 2.24) is 15.0 Å². The van der Waals surface area contributed by atoms with E-state index in [1.807, 2.05) is 4.68 Å². The number of aryl methyl sites for hydroxylation is 1. The Hall–Kier alpha value is -0.430. The zero-order valence-electron chi connectivity index (χ0n) is 11.3. The van der Waals surface area contributed by atoms with Crippen molar-refractivity contribution in [2.45, 2.75) is 52.0 Å². The van der Waals surface area contributed by atoms with Crippen molar-refractivity contribution in [2.75, 3.05) is 0 Å². The van der Waals surface area contributed by atoms with Crippen LogP contribution in [0.5, 0.6) is 0 Å². The highest BCUT2D eigenvalue weighted by molar-refractivity contribution is 14.1. The summed E-state index contributed by atoms with van der Waals surface area (Å²) in [4.78, 5) is 0. The standard InChI is InChI=1S/C14H20IN3S/c1-2-3-4-5-6-7-9-18-14(15)13(16-17-18)12-8-10-19-11-12/h8,10-11H,2-7,9H2,1H3. The van der Waals surface area contributed by atoms with E-state index in [0.717, 1.165) is 15.9 Å². The summed E-state index contributed by atoms with van der Waals surface area (Å²) in [5.41, 5.74) is 2.21. The second-order valence-corrected chi connectivity index (χ2v) is 6.53. The maximum Gasteiger partial charge on any atom is 0.127 e. The topological polar surface area (TPSA) is 30.7 Å². The van der Waals surface area contributed by atoms with Gasteiger partial charge in [-0.3, -0.25) is 0 Å². The van der Waals surface area contributed by atoms with E-state index in [4.69, 9.17) is 0 Å². The second kappa shape index (κ2) is 7.99. The Balaban J connectivity index is 1.82. The lowest BCUT2D eigenvalue weighted by atomic mass is 10.1. The summed E-state index contributed by atoms with van der Waals surface area (Å²) in [5.74, 6) is 0. The normalized spacial score (nSPS) is 11.1. The Morgan fingerprint density at radius 2 is 2.00 bits per heavy atom. The summed E-state index contributed by atoms with van der Waals surface area (Å²) in [6.07, 6.45) is 7.88. The lowest BCUT2D eigenvalue weighted by Gasteiger charge is -2.02. The van der Waals surface area contributed by atoms with Crippen LogP contribution in [0.1, 0.15) is 45.4 Å². The van der Waals surface area contributed by atoms with Crippen molar-refractivity contribution in [3.63, 3.8) is 0 Å². The van der Waals surface area contributed by atoms with Gasteiger partial charge in [0.25, 0.3) is 0 Å². The van der Waals surface area contributed by atoms with Crippen LogP contribution >= 0.6 is 33.9 Å². The molecule has 0 bridgehead atoms. The Morgan fingerprint density at radius 3 is 2.74 bits per heavy atom. The Labute approximate surface area is 132 Å². The van der Waals surface area contributed by atoms with Gasteiger partial charge < -0.3 is 0 Å². The van der Waals surface area contributed by atoms with Crippen molar-refractivity contribution in [1.29, 1.82) is 0 Å². The maximum atomic E-state index is 4.30. The van der Waals surface area contributed by atoms with Gasteiger partial charge in [-0.15, -0.1) is 5.10 Å². The van der Waals surface area contributed by atoms with Crippen LogP contribution < -0.4 is 0 Å². The first-order valence-corrected chi connectivity index (χ1v) is 8.96. The lowest BCUT2D eigenvalue weighted by molar-refractivity contribution is 0.510. The average molecular weight is 389 g/mol. The summed E-state index contributed by atoms with van der Waals surface area (Å²) in [5, 5.41) is 12.8. The van der Waals surface area contributed by atoms with Crippen LogP contribution in [0.2, 0.25) is 0 Å². The molecule has 0 saturated carbocycles. The highest BCUT2D eigenvalue weighted by Gasteiger charge is 2.11. The highest BCUT2D eigenvalue weighted by Crippen LogP contribution is 2.24. The third kappa shape index (κ3) is 4.27. The molecule has 0 radical (unpaired) electrons. The summed E-state index contributed by atoms with van der Waals surface area (Å²) in [6.45, 7) is 3.24. The van der Waals surface area contributed by atoms with E-state index in [9.17, 15) is 0 Å². The molecule has 5 heteroatoms. The van der Waals surface area contributed by atoms with Crippen LogP contribution in [0, 0.1) is 3.70 Å². The van der Waals surface area contributed by atoms with Gasteiger partial charge in [0, 0.05) is 17.5 Å². The van der Waals surface area contributed by atoms with Crippen LogP contribution in [-0.2, 0) is 6.54 Å². The fourth-order valence-electron chi connectivity index (χ4n) is 2.06. The first-order valence-electron chi connectivity index (χ1n) is 6.94. The molecule has 0 spiro atoms. The van der Waals surface area contributed by atoms with E-state index < -0.39 is 0 Å². The minimum atomic E-state index is 0.988. The van der Waals surface area contributed by atoms with Crippen LogP contribution in [0.25, 0.3) is 11.3 Å². The van der Waals surface area contributed by atoms with E-state index in [2.05, 4.69) is 56.7 Å². The first kappa shape index (κ1) is 15.0. The molecular weight excluding hydrogens is 369 g/mol. The number of thiophene rings is 1. The van der Waals surface area contributed by atoms with Gasteiger partial charge in [0.1, 0.15) is 9.39 Å². The molecule has 0 unspecified atom stereocenters. The summed E-state index contributed by atoms with van der Waals surface area (Å²) in [6, 6.07) is 2.10. The Bertz CT molecular complexity index is 479. The number of unbranched alkanes of at least 4 members (excludes halogenated alkanes) is 5. The SMILES string of the molecule is CCCCCCCCn1nnc(-c2ccsc2)c1I. The molecule has 0 aliphatic carbocycles. The largest absolute Gasteiger partial charge is 0.238 e. The van der Waals surface area contributed by atoms with Gasteiger partial charge in [-0.05, 0) is 40.5 Å². The van der Waals surface area contributed by atoms with Gasteiger partial charge in [0.05, 0.1) is 0 Å². The monoisotopic (exact) mass is 389 g/mol. The van der Waals surface area contributed by atoms with Crippen molar-refractivity contribution in [2.24, 2.45) is 0 Å². The van der Waals surface area contributed by atoms with E-state index in [1.165, 1.54) is 44.1 Å². The molecular formula is C14H20IN3S. The molecule has 0 saturated heterocycles. The molecule has 2 heterocycles. The smallest absolute Gasteiger partial charge is 0.127 e. The van der Waals surface area contributed by atoms with Gasteiger partial charge in [0.15, 0.2) is 0 Å². The van der Waals surface area contributed by atoms with Crippen molar-refractivity contribution in [3.8, 4) is 11.3 Å². The number of hydrogen-bond donors (Lipinski definition) is 0. The molecule has 2 aromatic heterocycles. The number of aromatic nitrogens is 3. The fourth-order valence-corrected chi connectivity index (χ4v) is 3.46. The maximum absolute atomic E-state index is 4.30. The van der Waals surface area contributed by atoms with Gasteiger partial charge >= 0.3 is 0 Å². The van der Waals surface area contributed by atoms with Gasteiger partial charge in [-0.2, -0.15) is 11.3 Å². The van der Waals surface area contributed by atoms with E-state index in [0.29, 0.717) is 0 Å². The van der Waals surface area contributed by atoms with Crippen molar-refractivity contribution in [3.05, 3.63) is 20.5 Å². The van der Waals surface area contributed by atoms with Crippen LogP contribution in [-0.4, -0.2) is 15.0 Å². The minimum absolute atomic E-state index is 0.988. The predicted octanol–water partition coefficient (Wildman–Crippen LogP) is 4.97. The minimum Gasteiger partial charge on any atom is -0.238 e. The Kier molecular flexibility index (Phi) is 6.30. The van der Waals surface area contributed by atoms with Gasteiger partial charge in [-0.25, -0.2) is 4.68 Å². The summed E-state index contributed by atoms with van der Waals surface area (Å²) >= 11 is 4.06. The number of nitrogens with zero attached hydrogens (tertiary/aromatic N) is 3. The number of hydrogen-bond acceptors (Lipinski definition) is 3. The van der Waals surface area contributed by atoms with E-state index in [1.54, 1.807) is 11.3 Å². The molecule has 0 amide bonds. The fraction of sp³-hybridized carbons (Fsp3) is 0.571. The predicted molar refractivity (Wildman–Crippen MR) is 89.4 cm³/mol.